The van der Waals surface area contributed by atoms with Crippen LogP contribution in [0, 0.1) is 0 Å². The Morgan fingerprint density at radius 2 is 2.00 bits per heavy atom. The molecule has 1 N–H and O–H groups in total. The van der Waals surface area contributed by atoms with Gasteiger partial charge in [-0.3, -0.25) is 14.5 Å². The average Bonchev–Trinajstić information content (AvgIpc) is 2.98. The van der Waals surface area contributed by atoms with Crippen LogP contribution in [0.5, 0.6) is 0 Å². The normalized spacial score (nSPS) is 11.0. The number of amides is 1. The third-order valence-corrected chi connectivity index (χ3v) is 4.35. The fraction of sp³-hybridized carbons (Fsp3) is 0.0588. The first-order valence-corrected chi connectivity index (χ1v) is 8.92. The van der Waals surface area contributed by atoms with Gasteiger partial charge in [0.05, 0.1) is 22.9 Å². The first-order chi connectivity index (χ1) is 12.1. The minimum absolute atomic E-state index is 0.273. The highest BCUT2D eigenvalue weighted by molar-refractivity contribution is 9.10. The van der Waals surface area contributed by atoms with Crippen molar-refractivity contribution in [3.63, 3.8) is 0 Å². The summed E-state index contributed by atoms with van der Waals surface area (Å²) >= 11 is 6.77. The number of halogens is 2. The van der Waals surface area contributed by atoms with Crippen molar-refractivity contribution in [3.05, 3.63) is 80.8 Å². The van der Waals surface area contributed by atoms with Crippen LogP contribution >= 0.6 is 31.9 Å². The fourth-order valence-corrected chi connectivity index (χ4v) is 2.83. The Bertz CT molecular complexity index is 891. The average molecular weight is 463 g/mol. The minimum atomic E-state index is -0.395. The summed E-state index contributed by atoms with van der Waals surface area (Å²) in [4.78, 5) is 16.3. The molecule has 3 aromatic rings. The molecule has 3 rings (SSSR count). The molecule has 1 aromatic carbocycles. The highest BCUT2D eigenvalue weighted by Crippen LogP contribution is 2.17. The lowest BCUT2D eigenvalue weighted by atomic mass is 10.2. The number of hydrogen-bond acceptors (Lipinski definition) is 4. The summed E-state index contributed by atoms with van der Waals surface area (Å²) in [5, 5.41) is 8.21. The van der Waals surface area contributed by atoms with Gasteiger partial charge in [0.25, 0.3) is 5.91 Å². The Morgan fingerprint density at radius 1 is 1.20 bits per heavy atom. The van der Waals surface area contributed by atoms with Gasteiger partial charge in [-0.25, -0.2) is 5.43 Å². The lowest BCUT2D eigenvalue weighted by Gasteiger charge is -2.02. The summed E-state index contributed by atoms with van der Waals surface area (Å²) in [6.45, 7) is 0.566. The van der Waals surface area contributed by atoms with Crippen molar-refractivity contribution in [2.75, 3.05) is 0 Å². The van der Waals surface area contributed by atoms with E-state index in [4.69, 9.17) is 0 Å². The molecule has 0 saturated carbocycles. The smallest absolute Gasteiger partial charge is 0.266 e. The molecule has 2 heterocycles. The van der Waals surface area contributed by atoms with Gasteiger partial charge >= 0.3 is 0 Å². The quantitative estimate of drug-likeness (QED) is 0.465. The topological polar surface area (TPSA) is 72.2 Å². The van der Waals surface area contributed by atoms with Crippen LogP contribution in [0.1, 0.15) is 21.7 Å². The molecule has 0 aliphatic rings. The molecule has 0 bridgehead atoms. The number of aromatic nitrogens is 3. The largest absolute Gasteiger partial charge is 0.293 e. The van der Waals surface area contributed by atoms with Gasteiger partial charge in [-0.2, -0.15) is 10.2 Å². The Morgan fingerprint density at radius 3 is 2.72 bits per heavy atom. The van der Waals surface area contributed by atoms with E-state index in [1.807, 2.05) is 36.4 Å². The Balaban J connectivity index is 1.66. The lowest BCUT2D eigenvalue weighted by Crippen LogP contribution is -2.19. The van der Waals surface area contributed by atoms with Gasteiger partial charge in [0, 0.05) is 16.9 Å². The number of carbonyl (C=O) groups is 1. The number of nitrogens with zero attached hydrogens (tertiary/aromatic N) is 4. The maximum atomic E-state index is 12.2. The van der Waals surface area contributed by atoms with Crippen LogP contribution in [0.25, 0.3) is 0 Å². The highest BCUT2D eigenvalue weighted by Gasteiger charge is 2.14. The Labute approximate surface area is 161 Å². The summed E-state index contributed by atoms with van der Waals surface area (Å²) in [6.07, 6.45) is 4.90. The van der Waals surface area contributed by atoms with E-state index >= 15 is 0 Å². The Hall–Kier alpha value is -2.32. The van der Waals surface area contributed by atoms with E-state index in [0.29, 0.717) is 16.7 Å². The fourth-order valence-electron chi connectivity index (χ4n) is 2.07. The van der Waals surface area contributed by atoms with E-state index in [1.54, 1.807) is 23.1 Å². The maximum absolute atomic E-state index is 12.2. The predicted molar refractivity (Wildman–Crippen MR) is 102 cm³/mol. The SMILES string of the molecule is O=C(N/N=C/c1ccccn1)c1nn(Cc2ccc(Br)cc2)cc1Br. The van der Waals surface area contributed by atoms with E-state index in [9.17, 15) is 4.79 Å². The van der Waals surface area contributed by atoms with Crippen LogP contribution in [0.2, 0.25) is 0 Å². The number of benzene rings is 1. The molecule has 0 aliphatic heterocycles. The van der Waals surface area contributed by atoms with E-state index in [-0.39, 0.29) is 5.69 Å². The molecule has 6 nitrogen and oxygen atoms in total. The number of hydrogen-bond donors (Lipinski definition) is 1. The van der Waals surface area contributed by atoms with Crippen LogP contribution in [0.3, 0.4) is 0 Å². The zero-order valence-electron chi connectivity index (χ0n) is 12.9. The molecule has 0 unspecified atom stereocenters. The molecular formula is C17H13Br2N5O. The molecule has 25 heavy (non-hydrogen) atoms. The zero-order chi connectivity index (χ0) is 17.6. The minimum Gasteiger partial charge on any atom is -0.266 e. The van der Waals surface area contributed by atoms with Crippen LogP contribution in [-0.4, -0.2) is 26.9 Å². The van der Waals surface area contributed by atoms with Crippen LogP contribution in [0.15, 0.2) is 68.9 Å². The molecule has 0 aliphatic carbocycles. The van der Waals surface area contributed by atoms with Gasteiger partial charge in [-0.15, -0.1) is 0 Å². The number of carbonyl (C=O) groups excluding carboxylic acids is 1. The monoisotopic (exact) mass is 461 g/mol. The predicted octanol–water partition coefficient (Wildman–Crippen LogP) is 3.62. The number of rotatable bonds is 5. The molecule has 1 amide bonds. The van der Waals surface area contributed by atoms with Crippen molar-refractivity contribution in [2.45, 2.75) is 6.54 Å². The molecule has 0 atom stereocenters. The van der Waals surface area contributed by atoms with E-state index in [0.717, 1.165) is 10.0 Å². The molecule has 0 saturated heterocycles. The number of hydrazone groups is 1. The molecule has 0 radical (unpaired) electrons. The number of nitrogens with one attached hydrogen (secondary N) is 1. The first kappa shape index (κ1) is 17.5. The van der Waals surface area contributed by atoms with Gasteiger partial charge in [0.2, 0.25) is 0 Å². The highest BCUT2D eigenvalue weighted by atomic mass is 79.9. The van der Waals surface area contributed by atoms with E-state index in [2.05, 4.69) is 52.5 Å². The standard InChI is InChI=1S/C17H13Br2N5O/c18-13-6-4-12(5-7-13)10-24-11-15(19)16(23-24)17(25)22-21-9-14-3-1-2-8-20-14/h1-9,11H,10H2,(H,22,25)/b21-9+. The second kappa shape index (κ2) is 8.17. The molecule has 126 valence electrons. The first-order valence-electron chi connectivity index (χ1n) is 7.33. The molecule has 8 heteroatoms. The van der Waals surface area contributed by atoms with Gasteiger partial charge < -0.3 is 0 Å². The van der Waals surface area contributed by atoms with E-state index in [1.165, 1.54) is 6.21 Å². The van der Waals surface area contributed by atoms with Gasteiger partial charge in [0.1, 0.15) is 0 Å². The van der Waals surface area contributed by atoms with Crippen molar-refractivity contribution in [2.24, 2.45) is 5.10 Å². The van der Waals surface area contributed by atoms with Crippen molar-refractivity contribution in [1.29, 1.82) is 0 Å². The van der Waals surface area contributed by atoms with Crippen molar-refractivity contribution < 1.29 is 4.79 Å². The third kappa shape index (κ3) is 4.83. The lowest BCUT2D eigenvalue weighted by molar-refractivity contribution is 0.0948. The second-order valence-electron chi connectivity index (χ2n) is 5.10. The van der Waals surface area contributed by atoms with Crippen molar-refractivity contribution in [3.8, 4) is 0 Å². The van der Waals surface area contributed by atoms with Gasteiger partial charge in [-0.1, -0.05) is 34.1 Å². The summed E-state index contributed by atoms with van der Waals surface area (Å²) < 4.78 is 3.32. The second-order valence-corrected chi connectivity index (χ2v) is 6.87. The molecule has 0 fully saturated rings. The number of pyridine rings is 1. The van der Waals surface area contributed by atoms with Crippen molar-refractivity contribution in [1.82, 2.24) is 20.2 Å². The van der Waals surface area contributed by atoms with Crippen LogP contribution < -0.4 is 5.43 Å². The van der Waals surface area contributed by atoms with Crippen LogP contribution in [0.4, 0.5) is 0 Å². The van der Waals surface area contributed by atoms with Gasteiger partial charge in [-0.05, 0) is 45.8 Å². The Kier molecular flexibility index (Phi) is 5.72. The van der Waals surface area contributed by atoms with Crippen molar-refractivity contribution >= 4 is 44.0 Å². The molecular weight excluding hydrogens is 450 g/mol. The third-order valence-electron chi connectivity index (χ3n) is 3.24. The van der Waals surface area contributed by atoms with E-state index < -0.39 is 5.91 Å². The summed E-state index contributed by atoms with van der Waals surface area (Å²) in [5.74, 6) is -0.395. The summed E-state index contributed by atoms with van der Waals surface area (Å²) in [7, 11) is 0. The zero-order valence-corrected chi connectivity index (χ0v) is 16.1. The summed E-state index contributed by atoms with van der Waals surface area (Å²) in [6, 6.07) is 13.4. The van der Waals surface area contributed by atoms with Crippen LogP contribution in [-0.2, 0) is 6.54 Å². The van der Waals surface area contributed by atoms with Gasteiger partial charge in [0.15, 0.2) is 5.69 Å². The molecule has 0 spiro atoms. The maximum Gasteiger partial charge on any atom is 0.293 e. The molecule has 2 aromatic heterocycles. The summed E-state index contributed by atoms with van der Waals surface area (Å²) in [5.41, 5.74) is 4.46.